The lowest BCUT2D eigenvalue weighted by Crippen LogP contribution is -2.30. The SMILES string of the molecule is COc1ccccc1-c1ccc(/C=C(/NC(=O)c2ccccc2)C(=O)Nc2ccc(S[C@H](C)C(=O)Nc3nnc(C)s3)cc2)o1. The summed E-state index contributed by atoms with van der Waals surface area (Å²) >= 11 is 2.67. The molecule has 10 nitrogen and oxygen atoms in total. The van der Waals surface area contributed by atoms with Crippen LogP contribution in [0.2, 0.25) is 0 Å². The number of nitrogens with zero attached hydrogens (tertiary/aromatic N) is 2. The van der Waals surface area contributed by atoms with E-state index >= 15 is 0 Å². The minimum absolute atomic E-state index is 0.0135. The molecule has 0 unspecified atom stereocenters. The Balaban J connectivity index is 1.30. The van der Waals surface area contributed by atoms with E-state index < -0.39 is 17.1 Å². The van der Waals surface area contributed by atoms with Crippen LogP contribution >= 0.6 is 23.1 Å². The Bertz CT molecular complexity index is 1830. The lowest BCUT2D eigenvalue weighted by atomic mass is 10.1. The summed E-state index contributed by atoms with van der Waals surface area (Å²) < 4.78 is 11.5. The first-order chi connectivity index (χ1) is 21.8. The zero-order valence-electron chi connectivity index (χ0n) is 24.6. The number of hydrogen-bond donors (Lipinski definition) is 3. The summed E-state index contributed by atoms with van der Waals surface area (Å²) in [6.07, 6.45) is 1.47. The largest absolute Gasteiger partial charge is 0.496 e. The van der Waals surface area contributed by atoms with Gasteiger partial charge in [-0.25, -0.2) is 0 Å². The molecule has 0 aliphatic carbocycles. The Hall–Kier alpha value is -5.20. The number of benzene rings is 3. The van der Waals surface area contributed by atoms with Crippen LogP contribution in [0.5, 0.6) is 5.75 Å². The molecule has 0 radical (unpaired) electrons. The summed E-state index contributed by atoms with van der Waals surface area (Å²) in [5, 5.41) is 17.0. The quantitative estimate of drug-likeness (QED) is 0.108. The number of anilines is 2. The molecule has 0 spiro atoms. The number of thioether (sulfide) groups is 1. The van der Waals surface area contributed by atoms with Gasteiger partial charge in [-0.1, -0.05) is 41.7 Å². The Kier molecular flexibility index (Phi) is 10.1. The average Bonchev–Trinajstić information content (AvgIpc) is 3.70. The van der Waals surface area contributed by atoms with E-state index in [1.165, 1.54) is 29.2 Å². The molecule has 3 N–H and O–H groups in total. The summed E-state index contributed by atoms with van der Waals surface area (Å²) in [6.45, 7) is 3.61. The second kappa shape index (κ2) is 14.5. The predicted molar refractivity (Wildman–Crippen MR) is 176 cm³/mol. The van der Waals surface area contributed by atoms with Gasteiger partial charge in [-0.15, -0.1) is 22.0 Å². The molecule has 0 fully saturated rings. The molecule has 5 aromatic rings. The van der Waals surface area contributed by atoms with Crippen molar-refractivity contribution in [1.82, 2.24) is 15.5 Å². The van der Waals surface area contributed by atoms with E-state index in [1.54, 1.807) is 80.8 Å². The van der Waals surface area contributed by atoms with Crippen molar-refractivity contribution in [2.45, 2.75) is 24.0 Å². The smallest absolute Gasteiger partial charge is 0.272 e. The summed E-state index contributed by atoms with van der Waals surface area (Å²) in [7, 11) is 1.58. The molecular weight excluding hydrogens is 611 g/mol. The van der Waals surface area contributed by atoms with Crippen molar-refractivity contribution in [3.63, 3.8) is 0 Å². The third-order valence-electron chi connectivity index (χ3n) is 6.37. The lowest BCUT2D eigenvalue weighted by Gasteiger charge is -2.12. The zero-order valence-corrected chi connectivity index (χ0v) is 26.2. The summed E-state index contributed by atoms with van der Waals surface area (Å²) in [4.78, 5) is 39.9. The third-order valence-corrected chi connectivity index (χ3v) is 8.23. The Morgan fingerprint density at radius 3 is 2.36 bits per heavy atom. The van der Waals surface area contributed by atoms with Gasteiger partial charge in [-0.05, 0) is 74.5 Å². The Morgan fingerprint density at radius 1 is 0.911 bits per heavy atom. The van der Waals surface area contributed by atoms with Gasteiger partial charge in [0, 0.05) is 22.2 Å². The molecule has 2 heterocycles. The van der Waals surface area contributed by atoms with E-state index in [9.17, 15) is 14.4 Å². The molecule has 228 valence electrons. The minimum Gasteiger partial charge on any atom is -0.496 e. The standard InChI is InChI=1S/C33H29N5O5S2/c1-20(30(39)36-33-38-37-21(2)45-33)44-25-16-13-23(14-17-25)34-32(41)27(35-31(40)22-9-5-4-6-10-22)19-24-15-18-29(43-24)26-11-7-8-12-28(26)42-3/h4-20H,1-3H3,(H,34,41)(H,35,40)(H,36,38,39)/b27-19+/t20-/m1/s1. The molecule has 3 aromatic carbocycles. The van der Waals surface area contributed by atoms with Gasteiger partial charge in [0.2, 0.25) is 11.0 Å². The van der Waals surface area contributed by atoms with E-state index in [0.29, 0.717) is 33.7 Å². The Morgan fingerprint density at radius 2 is 1.64 bits per heavy atom. The Labute approximate surface area is 267 Å². The average molecular weight is 640 g/mol. The van der Waals surface area contributed by atoms with Crippen LogP contribution in [-0.2, 0) is 9.59 Å². The highest BCUT2D eigenvalue weighted by Crippen LogP contribution is 2.31. The maximum absolute atomic E-state index is 13.5. The number of carbonyl (C=O) groups is 3. The predicted octanol–water partition coefficient (Wildman–Crippen LogP) is 6.64. The molecule has 0 saturated heterocycles. The number of amides is 3. The molecule has 0 bridgehead atoms. The number of aromatic nitrogens is 2. The van der Waals surface area contributed by atoms with Gasteiger partial charge in [0.1, 0.15) is 28.0 Å². The number of hydrogen-bond acceptors (Lipinski definition) is 9. The summed E-state index contributed by atoms with van der Waals surface area (Å²) in [5.74, 6) is 0.358. The number of para-hydroxylation sites is 1. The first-order valence-electron chi connectivity index (χ1n) is 13.8. The van der Waals surface area contributed by atoms with Crippen LogP contribution in [0.3, 0.4) is 0 Å². The highest BCUT2D eigenvalue weighted by atomic mass is 32.2. The van der Waals surface area contributed by atoms with E-state index in [-0.39, 0.29) is 11.6 Å². The van der Waals surface area contributed by atoms with Gasteiger partial charge in [-0.3, -0.25) is 19.7 Å². The van der Waals surface area contributed by atoms with Gasteiger partial charge in [0.15, 0.2) is 0 Å². The molecule has 1 atom stereocenters. The van der Waals surface area contributed by atoms with Crippen LogP contribution in [0.15, 0.2) is 106 Å². The summed E-state index contributed by atoms with van der Waals surface area (Å²) in [5.41, 5.74) is 1.63. The molecule has 3 amide bonds. The molecule has 2 aromatic heterocycles. The fraction of sp³-hybridized carbons (Fsp3) is 0.121. The van der Waals surface area contributed by atoms with Crippen LogP contribution in [-0.4, -0.2) is 40.3 Å². The number of ether oxygens (including phenoxy) is 1. The number of carbonyl (C=O) groups excluding carboxylic acids is 3. The van der Waals surface area contributed by atoms with E-state index in [0.717, 1.165) is 15.5 Å². The highest BCUT2D eigenvalue weighted by molar-refractivity contribution is 8.00. The minimum atomic E-state index is -0.546. The van der Waals surface area contributed by atoms with Crippen molar-refractivity contribution in [1.29, 1.82) is 0 Å². The molecule has 0 aliphatic rings. The monoisotopic (exact) mass is 639 g/mol. The maximum atomic E-state index is 13.5. The second-order valence-electron chi connectivity index (χ2n) is 9.63. The topological polar surface area (TPSA) is 135 Å². The highest BCUT2D eigenvalue weighted by Gasteiger charge is 2.19. The maximum Gasteiger partial charge on any atom is 0.272 e. The zero-order chi connectivity index (χ0) is 31.8. The number of aryl methyl sites for hydroxylation is 1. The lowest BCUT2D eigenvalue weighted by molar-refractivity contribution is -0.115. The summed E-state index contributed by atoms with van der Waals surface area (Å²) in [6, 6.07) is 26.6. The number of furan rings is 1. The van der Waals surface area contributed by atoms with Gasteiger partial charge in [0.25, 0.3) is 11.8 Å². The van der Waals surface area contributed by atoms with Gasteiger partial charge in [0.05, 0.1) is 17.9 Å². The molecule has 12 heteroatoms. The van der Waals surface area contributed by atoms with Crippen molar-refractivity contribution in [3.05, 3.63) is 113 Å². The van der Waals surface area contributed by atoms with E-state index in [2.05, 4.69) is 26.1 Å². The molecule has 5 rings (SSSR count). The van der Waals surface area contributed by atoms with Crippen molar-refractivity contribution < 1.29 is 23.5 Å². The van der Waals surface area contributed by atoms with Crippen molar-refractivity contribution >= 4 is 57.7 Å². The fourth-order valence-electron chi connectivity index (χ4n) is 4.14. The second-order valence-corrected chi connectivity index (χ2v) is 12.2. The first kappa shape index (κ1) is 31.2. The number of rotatable bonds is 11. The first-order valence-corrected chi connectivity index (χ1v) is 15.5. The van der Waals surface area contributed by atoms with Crippen LogP contribution in [0.1, 0.15) is 28.0 Å². The molecule has 0 aliphatic heterocycles. The third kappa shape index (κ3) is 8.25. The van der Waals surface area contributed by atoms with Gasteiger partial charge in [-0.2, -0.15) is 0 Å². The molecule has 0 saturated carbocycles. The van der Waals surface area contributed by atoms with Crippen molar-refractivity contribution in [2.75, 3.05) is 17.7 Å². The molecular formula is C33H29N5O5S2. The van der Waals surface area contributed by atoms with Crippen LogP contribution < -0.4 is 20.7 Å². The van der Waals surface area contributed by atoms with Crippen molar-refractivity contribution in [2.24, 2.45) is 0 Å². The van der Waals surface area contributed by atoms with Crippen LogP contribution in [0.25, 0.3) is 17.4 Å². The van der Waals surface area contributed by atoms with Crippen LogP contribution in [0, 0.1) is 6.92 Å². The van der Waals surface area contributed by atoms with E-state index in [4.69, 9.17) is 9.15 Å². The van der Waals surface area contributed by atoms with E-state index in [1.807, 2.05) is 31.2 Å². The van der Waals surface area contributed by atoms with Gasteiger partial charge < -0.3 is 19.8 Å². The van der Waals surface area contributed by atoms with Crippen molar-refractivity contribution in [3.8, 4) is 17.1 Å². The fourth-order valence-corrected chi connectivity index (χ4v) is 5.60. The number of methoxy groups -OCH3 is 1. The van der Waals surface area contributed by atoms with Gasteiger partial charge >= 0.3 is 0 Å². The van der Waals surface area contributed by atoms with Crippen LogP contribution in [0.4, 0.5) is 10.8 Å². The normalized spacial score (nSPS) is 11.8. The molecule has 45 heavy (non-hydrogen) atoms. The number of nitrogens with one attached hydrogen (secondary N) is 3.